The molecule has 31 heavy (non-hydrogen) atoms. The minimum Gasteiger partial charge on any atom is -0.468 e. The Balaban J connectivity index is 1.97. The molecule has 0 saturated carbocycles. The Morgan fingerprint density at radius 3 is 2.61 bits per heavy atom. The molecule has 1 aliphatic heterocycles. The molecule has 0 fully saturated rings. The van der Waals surface area contributed by atoms with E-state index in [0.717, 1.165) is 10.0 Å². The van der Waals surface area contributed by atoms with Crippen molar-refractivity contribution in [2.24, 2.45) is 5.92 Å². The summed E-state index contributed by atoms with van der Waals surface area (Å²) in [6, 6.07) is 15.2. The number of nitriles is 1. The van der Waals surface area contributed by atoms with E-state index in [2.05, 4.69) is 27.3 Å². The fourth-order valence-corrected chi connectivity index (χ4v) is 4.67. The number of methoxy groups -OCH3 is 1. The quantitative estimate of drug-likeness (QED) is 0.274. The van der Waals surface area contributed by atoms with Crippen molar-refractivity contribution in [3.05, 3.63) is 84.8 Å². The van der Waals surface area contributed by atoms with Gasteiger partial charge in [0.2, 0.25) is 5.91 Å². The number of thioether (sulfide) groups is 1. The summed E-state index contributed by atoms with van der Waals surface area (Å²) in [5.74, 6) is -2.91. The van der Waals surface area contributed by atoms with Gasteiger partial charge in [0.1, 0.15) is 5.92 Å². The lowest BCUT2D eigenvalue weighted by Crippen LogP contribution is -2.44. The maximum absolute atomic E-state index is 12.8. The van der Waals surface area contributed by atoms with E-state index in [9.17, 15) is 25.0 Å². The molecular weight excluding hydrogens is 486 g/mol. The number of nitro benzene ring substituents is 1. The van der Waals surface area contributed by atoms with Gasteiger partial charge in [0.15, 0.2) is 0 Å². The Kier molecular flexibility index (Phi) is 7.09. The summed E-state index contributed by atoms with van der Waals surface area (Å²) in [6.07, 6.45) is 0. The highest BCUT2D eigenvalue weighted by atomic mass is 79.9. The number of amides is 1. The van der Waals surface area contributed by atoms with Gasteiger partial charge in [-0.15, -0.1) is 11.8 Å². The number of non-ortho nitro benzene ring substituents is 1. The van der Waals surface area contributed by atoms with E-state index in [4.69, 9.17) is 4.74 Å². The lowest BCUT2D eigenvalue weighted by molar-refractivity contribution is -0.384. The molecule has 0 aliphatic carbocycles. The van der Waals surface area contributed by atoms with Crippen molar-refractivity contribution in [3.8, 4) is 6.07 Å². The molecule has 2 aromatic rings. The third-order valence-electron chi connectivity index (χ3n) is 4.72. The molecule has 1 aliphatic rings. The monoisotopic (exact) mass is 501 g/mol. The smallest absolute Gasteiger partial charge is 0.319 e. The van der Waals surface area contributed by atoms with Gasteiger partial charge in [0.05, 0.1) is 28.7 Å². The number of carbonyl (C=O) groups is 2. The highest BCUT2D eigenvalue weighted by Gasteiger charge is 2.44. The number of allylic oxidation sites excluding steroid dienone is 1. The van der Waals surface area contributed by atoms with Gasteiger partial charge in [-0.05, 0) is 23.3 Å². The number of ether oxygens (including phenoxy) is 1. The van der Waals surface area contributed by atoms with Crippen LogP contribution in [-0.4, -0.2) is 23.9 Å². The van der Waals surface area contributed by atoms with Crippen molar-refractivity contribution in [2.45, 2.75) is 11.7 Å². The summed E-state index contributed by atoms with van der Waals surface area (Å²) in [7, 11) is 1.20. The third kappa shape index (κ3) is 4.95. The predicted molar refractivity (Wildman–Crippen MR) is 118 cm³/mol. The third-order valence-corrected chi connectivity index (χ3v) is 6.30. The maximum atomic E-state index is 12.8. The van der Waals surface area contributed by atoms with E-state index in [-0.39, 0.29) is 11.3 Å². The zero-order valence-corrected chi connectivity index (χ0v) is 18.6. The van der Waals surface area contributed by atoms with Gasteiger partial charge in [0.25, 0.3) is 5.69 Å². The standard InChI is InChI=1S/C21H16BrN3O5S/c1-30-21(27)18-17(13-3-2-4-14(22)9-13)16(10-23)20(24-19(18)26)31-11-12-5-7-15(8-6-12)25(28)29/h2-9,17-18H,11H2,1H3,(H,24,26)/t17-,18-/m0/s1. The van der Waals surface area contributed by atoms with Gasteiger partial charge in [-0.2, -0.15) is 5.26 Å². The summed E-state index contributed by atoms with van der Waals surface area (Å²) in [6.45, 7) is 0. The summed E-state index contributed by atoms with van der Waals surface area (Å²) < 4.78 is 5.57. The van der Waals surface area contributed by atoms with Gasteiger partial charge >= 0.3 is 5.97 Å². The van der Waals surface area contributed by atoms with Gasteiger partial charge in [-0.3, -0.25) is 19.7 Å². The van der Waals surface area contributed by atoms with E-state index in [1.54, 1.807) is 36.4 Å². The number of nitrogens with one attached hydrogen (secondary N) is 1. The Morgan fingerprint density at radius 2 is 2.03 bits per heavy atom. The SMILES string of the molecule is COC(=O)[C@@H]1C(=O)NC(SCc2ccc([N+](=O)[O-])cc2)=C(C#N)[C@@H]1c1cccc(Br)c1. The Hall–Kier alpha value is -3.16. The van der Waals surface area contributed by atoms with Gasteiger partial charge in [0, 0.05) is 28.3 Å². The molecule has 0 bridgehead atoms. The van der Waals surface area contributed by atoms with Crippen molar-refractivity contribution >= 4 is 45.3 Å². The number of carbonyl (C=O) groups excluding carboxylic acids is 2. The Labute approximate surface area is 190 Å². The molecule has 10 heteroatoms. The fourth-order valence-electron chi connectivity index (χ4n) is 3.25. The molecule has 0 saturated heterocycles. The number of halogens is 1. The van der Waals surface area contributed by atoms with Crippen LogP contribution in [0.25, 0.3) is 0 Å². The molecule has 1 amide bonds. The van der Waals surface area contributed by atoms with Crippen molar-refractivity contribution in [1.29, 1.82) is 5.26 Å². The molecule has 1 N–H and O–H groups in total. The number of hydrogen-bond acceptors (Lipinski definition) is 7. The van der Waals surface area contributed by atoms with Crippen LogP contribution in [-0.2, 0) is 20.1 Å². The second-order valence-corrected chi connectivity index (χ2v) is 8.49. The summed E-state index contributed by atoms with van der Waals surface area (Å²) in [4.78, 5) is 35.5. The largest absolute Gasteiger partial charge is 0.468 e. The highest BCUT2D eigenvalue weighted by Crippen LogP contribution is 2.41. The lowest BCUT2D eigenvalue weighted by atomic mass is 9.78. The number of esters is 1. The van der Waals surface area contributed by atoms with Crippen molar-refractivity contribution in [3.63, 3.8) is 0 Å². The minimum absolute atomic E-state index is 0.0210. The van der Waals surface area contributed by atoms with E-state index in [1.165, 1.54) is 31.0 Å². The molecule has 8 nitrogen and oxygen atoms in total. The normalized spacial score (nSPS) is 18.2. The van der Waals surface area contributed by atoms with Crippen molar-refractivity contribution < 1.29 is 19.2 Å². The first-order valence-corrected chi connectivity index (χ1v) is 10.8. The maximum Gasteiger partial charge on any atom is 0.319 e. The van der Waals surface area contributed by atoms with Crippen LogP contribution >= 0.6 is 27.7 Å². The van der Waals surface area contributed by atoms with Gasteiger partial charge in [-0.1, -0.05) is 40.2 Å². The topological polar surface area (TPSA) is 122 Å². The molecule has 1 heterocycles. The Morgan fingerprint density at radius 1 is 1.32 bits per heavy atom. The number of nitrogens with zero attached hydrogens (tertiary/aromatic N) is 2. The van der Waals surface area contributed by atoms with Crippen LogP contribution in [0.3, 0.4) is 0 Å². The molecule has 0 aromatic heterocycles. The molecule has 158 valence electrons. The number of benzene rings is 2. The van der Waals surface area contributed by atoms with E-state index >= 15 is 0 Å². The highest BCUT2D eigenvalue weighted by molar-refractivity contribution is 9.10. The predicted octanol–water partition coefficient (Wildman–Crippen LogP) is 4.03. The van der Waals surface area contributed by atoms with Crippen LogP contribution in [0.2, 0.25) is 0 Å². The zero-order valence-electron chi connectivity index (χ0n) is 16.2. The van der Waals surface area contributed by atoms with Crippen LogP contribution in [0.1, 0.15) is 17.0 Å². The first kappa shape index (κ1) is 22.5. The zero-order chi connectivity index (χ0) is 22.5. The molecule has 0 radical (unpaired) electrons. The summed E-state index contributed by atoms with van der Waals surface area (Å²) in [5.41, 5.74) is 1.64. The molecule has 0 spiro atoms. The molecule has 0 unspecified atom stereocenters. The van der Waals surface area contributed by atoms with E-state index < -0.39 is 28.6 Å². The van der Waals surface area contributed by atoms with Crippen molar-refractivity contribution in [1.82, 2.24) is 5.32 Å². The molecule has 2 atom stereocenters. The second kappa shape index (κ2) is 9.76. The van der Waals surface area contributed by atoms with Crippen LogP contribution in [0.5, 0.6) is 0 Å². The summed E-state index contributed by atoms with van der Waals surface area (Å²) in [5, 5.41) is 23.7. The molecule has 2 aromatic carbocycles. The lowest BCUT2D eigenvalue weighted by Gasteiger charge is -2.31. The van der Waals surface area contributed by atoms with Crippen molar-refractivity contribution in [2.75, 3.05) is 7.11 Å². The number of rotatable bonds is 6. The Bertz CT molecular complexity index is 1110. The van der Waals surface area contributed by atoms with E-state index in [0.29, 0.717) is 16.3 Å². The first-order valence-electron chi connectivity index (χ1n) is 9.00. The number of nitro groups is 1. The number of hydrogen-bond donors (Lipinski definition) is 1. The first-order chi connectivity index (χ1) is 14.8. The molecular formula is C21H16BrN3O5S. The van der Waals surface area contributed by atoms with Crippen LogP contribution in [0.15, 0.2) is 63.6 Å². The van der Waals surface area contributed by atoms with Crippen LogP contribution in [0.4, 0.5) is 5.69 Å². The van der Waals surface area contributed by atoms with Crippen LogP contribution in [0, 0.1) is 27.4 Å². The van der Waals surface area contributed by atoms with Gasteiger partial charge < -0.3 is 10.1 Å². The van der Waals surface area contributed by atoms with Gasteiger partial charge in [-0.25, -0.2) is 0 Å². The average molecular weight is 502 g/mol. The van der Waals surface area contributed by atoms with Crippen LogP contribution < -0.4 is 5.32 Å². The average Bonchev–Trinajstić information content (AvgIpc) is 2.76. The molecule has 3 rings (SSSR count). The second-order valence-electron chi connectivity index (χ2n) is 6.59. The van der Waals surface area contributed by atoms with E-state index in [1.807, 2.05) is 0 Å². The fraction of sp³-hybridized carbons (Fsp3) is 0.190. The summed E-state index contributed by atoms with van der Waals surface area (Å²) >= 11 is 4.60. The minimum atomic E-state index is -1.20.